The smallest absolute Gasteiger partial charge is 0.407 e. The van der Waals surface area contributed by atoms with Crippen molar-refractivity contribution in [2.24, 2.45) is 0 Å². The number of aliphatic hydroxyl groups is 1. The van der Waals surface area contributed by atoms with E-state index < -0.39 is 11.7 Å². The molecule has 110 valence electrons. The van der Waals surface area contributed by atoms with E-state index in [2.05, 4.69) is 11.9 Å². The number of hydrogen-bond acceptors (Lipinski definition) is 4. The molecule has 5 nitrogen and oxygen atoms in total. The molecule has 1 aliphatic heterocycles. The highest BCUT2D eigenvalue weighted by atomic mass is 16.6. The Bertz CT molecular complexity index is 311. The van der Waals surface area contributed by atoms with Crippen molar-refractivity contribution in [3.8, 4) is 0 Å². The van der Waals surface area contributed by atoms with Gasteiger partial charge in [-0.15, -0.1) is 6.58 Å². The fourth-order valence-electron chi connectivity index (χ4n) is 2.07. The van der Waals surface area contributed by atoms with E-state index in [-0.39, 0.29) is 18.3 Å². The molecule has 0 spiro atoms. The zero-order valence-electron chi connectivity index (χ0n) is 12.0. The number of rotatable bonds is 4. The molecule has 0 aromatic heterocycles. The molecule has 1 rings (SSSR count). The van der Waals surface area contributed by atoms with Crippen LogP contribution in [0.3, 0.4) is 0 Å². The quantitative estimate of drug-likeness (QED) is 0.767. The second-order valence-corrected chi connectivity index (χ2v) is 5.91. The van der Waals surface area contributed by atoms with Gasteiger partial charge < -0.3 is 19.9 Å². The lowest BCUT2D eigenvalue weighted by molar-refractivity contribution is -0.0920. The Kier molecular flexibility index (Phi) is 5.82. The van der Waals surface area contributed by atoms with Gasteiger partial charge in [0.2, 0.25) is 0 Å². The second kappa shape index (κ2) is 6.91. The van der Waals surface area contributed by atoms with Crippen LogP contribution in [0.25, 0.3) is 0 Å². The first-order valence-corrected chi connectivity index (χ1v) is 6.71. The van der Waals surface area contributed by atoms with E-state index in [1.807, 2.05) is 20.8 Å². The lowest BCUT2D eigenvalue weighted by Crippen LogP contribution is -2.43. The zero-order valence-corrected chi connectivity index (χ0v) is 12.0. The molecule has 3 atom stereocenters. The Morgan fingerprint density at radius 3 is 2.68 bits per heavy atom. The molecule has 0 aliphatic carbocycles. The highest BCUT2D eigenvalue weighted by Gasteiger charge is 2.28. The molecular weight excluding hydrogens is 246 g/mol. The maximum Gasteiger partial charge on any atom is 0.407 e. The average Bonchev–Trinajstić information content (AvgIpc) is 2.24. The Labute approximate surface area is 115 Å². The third-order valence-electron chi connectivity index (χ3n) is 2.76. The number of aliphatic hydroxyl groups excluding tert-OH is 1. The second-order valence-electron chi connectivity index (χ2n) is 5.91. The molecule has 1 fully saturated rings. The van der Waals surface area contributed by atoms with E-state index in [1.54, 1.807) is 6.08 Å². The number of ether oxygens (including phenoxy) is 2. The summed E-state index contributed by atoms with van der Waals surface area (Å²) in [6.07, 6.45) is 2.59. The summed E-state index contributed by atoms with van der Waals surface area (Å²) in [5, 5.41) is 12.4. The van der Waals surface area contributed by atoms with Gasteiger partial charge in [0.25, 0.3) is 0 Å². The SMILES string of the molecule is C=CC[C@H]1C[C@@H](O)C[C@@H](CNC(=O)OC(C)(C)C)O1. The van der Waals surface area contributed by atoms with Crippen LogP contribution in [0.15, 0.2) is 12.7 Å². The summed E-state index contributed by atoms with van der Waals surface area (Å²) in [6, 6.07) is 0. The minimum absolute atomic E-state index is 0.0216. The number of alkyl carbamates (subject to hydrolysis) is 1. The van der Waals surface area contributed by atoms with Crippen LogP contribution < -0.4 is 5.32 Å². The van der Waals surface area contributed by atoms with E-state index in [1.165, 1.54) is 0 Å². The van der Waals surface area contributed by atoms with Crippen molar-refractivity contribution in [3.05, 3.63) is 12.7 Å². The van der Waals surface area contributed by atoms with Crippen LogP contribution in [0.5, 0.6) is 0 Å². The predicted molar refractivity (Wildman–Crippen MR) is 73.0 cm³/mol. The molecule has 0 radical (unpaired) electrons. The van der Waals surface area contributed by atoms with Crippen molar-refractivity contribution in [2.45, 2.75) is 63.9 Å². The van der Waals surface area contributed by atoms with Crippen LogP contribution in [0.2, 0.25) is 0 Å². The van der Waals surface area contributed by atoms with Crippen molar-refractivity contribution in [1.82, 2.24) is 5.32 Å². The molecule has 0 bridgehead atoms. The van der Waals surface area contributed by atoms with Crippen molar-refractivity contribution >= 4 is 6.09 Å². The number of nitrogens with one attached hydrogen (secondary N) is 1. The largest absolute Gasteiger partial charge is 0.444 e. The molecule has 2 N–H and O–H groups in total. The minimum Gasteiger partial charge on any atom is -0.444 e. The van der Waals surface area contributed by atoms with Gasteiger partial charge in [0.05, 0.1) is 18.3 Å². The number of amides is 1. The fourth-order valence-corrected chi connectivity index (χ4v) is 2.07. The molecule has 1 amide bonds. The first-order valence-electron chi connectivity index (χ1n) is 6.71. The lowest BCUT2D eigenvalue weighted by atomic mass is 9.99. The molecular formula is C14H25NO4. The maximum atomic E-state index is 11.5. The molecule has 1 aliphatic rings. The van der Waals surface area contributed by atoms with Gasteiger partial charge in [-0.05, 0) is 33.6 Å². The Morgan fingerprint density at radius 2 is 2.11 bits per heavy atom. The molecule has 1 heterocycles. The standard InChI is InChI=1S/C14H25NO4/c1-5-6-11-7-10(16)8-12(18-11)9-15-13(17)19-14(2,3)4/h5,10-12,16H,1,6-9H2,2-4H3,(H,15,17)/t10-,11+,12+/m1/s1. The molecule has 5 heteroatoms. The van der Waals surface area contributed by atoms with Crippen molar-refractivity contribution in [3.63, 3.8) is 0 Å². The predicted octanol–water partition coefficient (Wildman–Crippen LogP) is 2.00. The van der Waals surface area contributed by atoms with Gasteiger partial charge in [-0.3, -0.25) is 0 Å². The third-order valence-corrected chi connectivity index (χ3v) is 2.76. The first kappa shape index (κ1) is 16.0. The van der Waals surface area contributed by atoms with E-state index in [0.29, 0.717) is 25.8 Å². The summed E-state index contributed by atoms with van der Waals surface area (Å²) in [5.41, 5.74) is -0.512. The average molecular weight is 271 g/mol. The zero-order chi connectivity index (χ0) is 14.5. The van der Waals surface area contributed by atoms with Crippen LogP contribution in [0, 0.1) is 0 Å². The summed E-state index contributed by atoms with van der Waals surface area (Å²) in [6.45, 7) is 9.45. The topological polar surface area (TPSA) is 67.8 Å². The molecule has 0 unspecified atom stereocenters. The molecule has 0 aromatic rings. The molecule has 0 aromatic carbocycles. The van der Waals surface area contributed by atoms with E-state index in [4.69, 9.17) is 9.47 Å². The van der Waals surface area contributed by atoms with Gasteiger partial charge >= 0.3 is 6.09 Å². The Morgan fingerprint density at radius 1 is 1.47 bits per heavy atom. The van der Waals surface area contributed by atoms with Gasteiger partial charge in [0.15, 0.2) is 0 Å². The summed E-state index contributed by atoms with van der Waals surface area (Å²) < 4.78 is 10.9. The van der Waals surface area contributed by atoms with Crippen LogP contribution in [0.4, 0.5) is 4.79 Å². The van der Waals surface area contributed by atoms with E-state index in [9.17, 15) is 9.90 Å². The third kappa shape index (κ3) is 6.59. The van der Waals surface area contributed by atoms with Crippen LogP contribution in [-0.4, -0.2) is 41.7 Å². The number of hydrogen-bond donors (Lipinski definition) is 2. The van der Waals surface area contributed by atoms with Gasteiger partial charge in [-0.2, -0.15) is 0 Å². The van der Waals surface area contributed by atoms with E-state index in [0.717, 1.165) is 0 Å². The number of carbonyl (C=O) groups is 1. The van der Waals surface area contributed by atoms with Crippen molar-refractivity contribution in [1.29, 1.82) is 0 Å². The van der Waals surface area contributed by atoms with Gasteiger partial charge in [0, 0.05) is 13.0 Å². The summed E-state index contributed by atoms with van der Waals surface area (Å²) in [4.78, 5) is 11.5. The maximum absolute atomic E-state index is 11.5. The van der Waals surface area contributed by atoms with Crippen LogP contribution in [-0.2, 0) is 9.47 Å². The lowest BCUT2D eigenvalue weighted by Gasteiger charge is -2.33. The summed E-state index contributed by atoms with van der Waals surface area (Å²) in [5.74, 6) is 0. The molecule has 1 saturated heterocycles. The highest BCUT2D eigenvalue weighted by molar-refractivity contribution is 5.67. The van der Waals surface area contributed by atoms with Crippen LogP contribution >= 0.6 is 0 Å². The first-order chi connectivity index (χ1) is 8.80. The highest BCUT2D eigenvalue weighted by Crippen LogP contribution is 2.21. The van der Waals surface area contributed by atoms with Gasteiger partial charge in [-0.1, -0.05) is 6.08 Å². The van der Waals surface area contributed by atoms with Crippen molar-refractivity contribution in [2.75, 3.05) is 6.54 Å². The van der Waals surface area contributed by atoms with Crippen molar-refractivity contribution < 1.29 is 19.4 Å². The number of carbonyl (C=O) groups excluding carboxylic acids is 1. The monoisotopic (exact) mass is 271 g/mol. The molecule has 0 saturated carbocycles. The van der Waals surface area contributed by atoms with E-state index >= 15 is 0 Å². The van der Waals surface area contributed by atoms with Crippen LogP contribution in [0.1, 0.15) is 40.0 Å². The Hall–Kier alpha value is -1.07. The molecule has 19 heavy (non-hydrogen) atoms. The summed E-state index contributed by atoms with van der Waals surface area (Å²) in [7, 11) is 0. The Balaban J connectivity index is 2.35. The van der Waals surface area contributed by atoms with Gasteiger partial charge in [-0.25, -0.2) is 4.79 Å². The minimum atomic E-state index is -0.512. The fraction of sp³-hybridized carbons (Fsp3) is 0.786. The normalized spacial score (nSPS) is 27.7. The summed E-state index contributed by atoms with van der Waals surface area (Å²) >= 11 is 0. The van der Waals surface area contributed by atoms with Gasteiger partial charge in [0.1, 0.15) is 5.60 Å².